The maximum absolute atomic E-state index is 13.8. The number of carbonyl (C=O) groups is 2. The first-order valence-corrected chi connectivity index (χ1v) is 9.64. The SMILES string of the molecule is CCc1ccccc1OCC(=O)NNC(=O)CCc1ncc(-c2ccc(F)cc2F)o1. The lowest BCUT2D eigenvalue weighted by atomic mass is 10.1. The maximum Gasteiger partial charge on any atom is 0.276 e. The number of hydrogen-bond acceptors (Lipinski definition) is 5. The molecule has 7 nitrogen and oxygen atoms in total. The molecule has 0 saturated carbocycles. The van der Waals surface area contributed by atoms with Gasteiger partial charge in [0, 0.05) is 18.9 Å². The predicted molar refractivity (Wildman–Crippen MR) is 108 cm³/mol. The monoisotopic (exact) mass is 429 g/mol. The molecule has 0 saturated heterocycles. The van der Waals surface area contributed by atoms with E-state index in [1.807, 2.05) is 25.1 Å². The van der Waals surface area contributed by atoms with E-state index in [0.29, 0.717) is 5.75 Å². The van der Waals surface area contributed by atoms with E-state index in [0.717, 1.165) is 24.1 Å². The molecular formula is C22H21F2N3O4. The van der Waals surface area contributed by atoms with Crippen LogP contribution in [0.4, 0.5) is 8.78 Å². The third-order valence-corrected chi connectivity index (χ3v) is 4.37. The highest BCUT2D eigenvalue weighted by molar-refractivity contribution is 5.82. The second-order valence-corrected chi connectivity index (χ2v) is 6.59. The number of para-hydroxylation sites is 1. The summed E-state index contributed by atoms with van der Waals surface area (Å²) in [6.07, 6.45) is 2.18. The van der Waals surface area contributed by atoms with Gasteiger partial charge in [-0.05, 0) is 30.2 Å². The van der Waals surface area contributed by atoms with Crippen molar-refractivity contribution in [3.05, 3.63) is 71.8 Å². The third kappa shape index (κ3) is 6.11. The number of oxazole rings is 1. The number of ether oxygens (including phenoxy) is 1. The van der Waals surface area contributed by atoms with E-state index >= 15 is 0 Å². The molecule has 0 unspecified atom stereocenters. The summed E-state index contributed by atoms with van der Waals surface area (Å²) in [6.45, 7) is 1.74. The maximum atomic E-state index is 13.8. The summed E-state index contributed by atoms with van der Waals surface area (Å²) in [7, 11) is 0. The molecule has 0 atom stereocenters. The Morgan fingerprint density at radius 2 is 1.87 bits per heavy atom. The van der Waals surface area contributed by atoms with Gasteiger partial charge in [-0.15, -0.1) is 0 Å². The Morgan fingerprint density at radius 1 is 1.10 bits per heavy atom. The van der Waals surface area contributed by atoms with Crippen LogP contribution in [0.5, 0.6) is 5.75 Å². The van der Waals surface area contributed by atoms with E-state index in [-0.39, 0.29) is 36.7 Å². The molecule has 2 aromatic carbocycles. The number of rotatable bonds is 8. The Bertz CT molecular complexity index is 1070. The fourth-order valence-corrected chi connectivity index (χ4v) is 2.78. The van der Waals surface area contributed by atoms with E-state index in [4.69, 9.17) is 9.15 Å². The van der Waals surface area contributed by atoms with Gasteiger partial charge in [0.25, 0.3) is 5.91 Å². The van der Waals surface area contributed by atoms with Crippen molar-refractivity contribution in [2.75, 3.05) is 6.61 Å². The minimum atomic E-state index is -0.771. The van der Waals surface area contributed by atoms with Gasteiger partial charge in [-0.2, -0.15) is 0 Å². The van der Waals surface area contributed by atoms with Gasteiger partial charge in [0.15, 0.2) is 18.3 Å². The molecule has 1 aromatic heterocycles. The van der Waals surface area contributed by atoms with Crippen molar-refractivity contribution < 1.29 is 27.5 Å². The van der Waals surface area contributed by atoms with Crippen LogP contribution in [0.2, 0.25) is 0 Å². The van der Waals surface area contributed by atoms with Crippen LogP contribution in [0.1, 0.15) is 24.8 Å². The highest BCUT2D eigenvalue weighted by Gasteiger charge is 2.13. The van der Waals surface area contributed by atoms with Crippen molar-refractivity contribution >= 4 is 11.8 Å². The summed E-state index contributed by atoms with van der Waals surface area (Å²) in [5.74, 6) is -1.49. The average Bonchev–Trinajstić information content (AvgIpc) is 3.23. The molecule has 1 heterocycles. The first-order valence-electron chi connectivity index (χ1n) is 9.64. The molecule has 0 spiro atoms. The highest BCUT2D eigenvalue weighted by Crippen LogP contribution is 2.24. The zero-order valence-electron chi connectivity index (χ0n) is 16.8. The lowest BCUT2D eigenvalue weighted by Crippen LogP contribution is -2.43. The van der Waals surface area contributed by atoms with Crippen LogP contribution < -0.4 is 15.6 Å². The number of hydrazine groups is 1. The van der Waals surface area contributed by atoms with Crippen molar-refractivity contribution in [2.24, 2.45) is 0 Å². The van der Waals surface area contributed by atoms with Crippen molar-refractivity contribution in [3.8, 4) is 17.1 Å². The number of amides is 2. The summed E-state index contributed by atoms with van der Waals surface area (Å²) >= 11 is 0. The Morgan fingerprint density at radius 3 is 2.65 bits per heavy atom. The molecule has 2 N–H and O–H groups in total. The normalized spacial score (nSPS) is 10.5. The second kappa shape index (κ2) is 10.3. The van der Waals surface area contributed by atoms with E-state index in [9.17, 15) is 18.4 Å². The zero-order valence-corrected chi connectivity index (χ0v) is 16.8. The molecule has 0 radical (unpaired) electrons. The molecule has 0 aliphatic rings. The van der Waals surface area contributed by atoms with E-state index in [2.05, 4.69) is 15.8 Å². The Hall–Kier alpha value is -3.75. The summed E-state index contributed by atoms with van der Waals surface area (Å²) in [4.78, 5) is 27.8. The van der Waals surface area contributed by atoms with Gasteiger partial charge in [0.2, 0.25) is 5.91 Å². The van der Waals surface area contributed by atoms with Crippen LogP contribution >= 0.6 is 0 Å². The Labute approximate surface area is 177 Å². The fourth-order valence-electron chi connectivity index (χ4n) is 2.78. The number of hydrogen-bond donors (Lipinski definition) is 2. The van der Waals surface area contributed by atoms with Crippen LogP contribution in [0.15, 0.2) is 53.1 Å². The van der Waals surface area contributed by atoms with E-state index in [1.165, 1.54) is 12.3 Å². The fraction of sp³-hybridized carbons (Fsp3) is 0.227. The lowest BCUT2D eigenvalue weighted by Gasteiger charge is -2.11. The first-order chi connectivity index (χ1) is 15.0. The predicted octanol–water partition coefficient (Wildman–Crippen LogP) is 3.34. The summed E-state index contributed by atoms with van der Waals surface area (Å²) in [6, 6.07) is 10.5. The number of halogens is 2. The minimum absolute atomic E-state index is 0.0222. The van der Waals surface area contributed by atoms with Crippen LogP contribution in [-0.4, -0.2) is 23.4 Å². The van der Waals surface area contributed by atoms with Crippen molar-refractivity contribution in [3.63, 3.8) is 0 Å². The molecule has 0 bridgehead atoms. The molecule has 3 aromatic rings. The molecule has 9 heteroatoms. The standard InChI is InChI=1S/C22H21F2N3O4/c1-2-14-5-3-4-6-18(14)30-13-21(29)27-26-20(28)9-10-22-25-12-19(31-22)16-8-7-15(23)11-17(16)24/h3-8,11-12H,2,9-10,13H2,1H3,(H,26,28)(H,27,29). The molecule has 0 fully saturated rings. The molecule has 31 heavy (non-hydrogen) atoms. The minimum Gasteiger partial charge on any atom is -0.483 e. The van der Waals surface area contributed by atoms with Crippen molar-refractivity contribution in [1.29, 1.82) is 0 Å². The molecular weight excluding hydrogens is 408 g/mol. The van der Waals surface area contributed by atoms with Crippen LogP contribution in [0.25, 0.3) is 11.3 Å². The Balaban J connectivity index is 1.42. The van der Waals surface area contributed by atoms with Crippen LogP contribution in [-0.2, 0) is 22.4 Å². The van der Waals surface area contributed by atoms with Crippen molar-refractivity contribution in [2.45, 2.75) is 26.2 Å². The number of carbonyl (C=O) groups excluding carboxylic acids is 2. The molecule has 0 aliphatic heterocycles. The Kier molecular flexibility index (Phi) is 7.31. The average molecular weight is 429 g/mol. The zero-order chi connectivity index (χ0) is 22.2. The van der Waals surface area contributed by atoms with Gasteiger partial charge in [-0.25, -0.2) is 13.8 Å². The summed E-state index contributed by atoms with van der Waals surface area (Å²) in [5, 5.41) is 0. The quantitative estimate of drug-likeness (QED) is 0.536. The summed E-state index contributed by atoms with van der Waals surface area (Å²) in [5.41, 5.74) is 5.60. The van der Waals surface area contributed by atoms with Crippen LogP contribution in [0.3, 0.4) is 0 Å². The molecule has 162 valence electrons. The smallest absolute Gasteiger partial charge is 0.276 e. The summed E-state index contributed by atoms with van der Waals surface area (Å²) < 4.78 is 37.7. The number of nitrogens with zero attached hydrogens (tertiary/aromatic N) is 1. The van der Waals surface area contributed by atoms with Gasteiger partial charge < -0.3 is 9.15 Å². The van der Waals surface area contributed by atoms with Gasteiger partial charge >= 0.3 is 0 Å². The number of aryl methyl sites for hydroxylation is 2. The van der Waals surface area contributed by atoms with Gasteiger partial charge in [0.05, 0.1) is 11.8 Å². The van der Waals surface area contributed by atoms with Crippen LogP contribution in [0, 0.1) is 11.6 Å². The number of benzene rings is 2. The van der Waals surface area contributed by atoms with Gasteiger partial charge in [-0.1, -0.05) is 25.1 Å². The third-order valence-electron chi connectivity index (χ3n) is 4.37. The van der Waals surface area contributed by atoms with E-state index < -0.39 is 23.4 Å². The second-order valence-electron chi connectivity index (χ2n) is 6.59. The molecule has 3 rings (SSSR count). The molecule has 2 amide bonds. The number of nitrogens with one attached hydrogen (secondary N) is 2. The lowest BCUT2D eigenvalue weighted by molar-refractivity contribution is -0.130. The first kappa shape index (κ1) is 21.9. The topological polar surface area (TPSA) is 93.5 Å². The van der Waals surface area contributed by atoms with Gasteiger partial charge in [-0.3, -0.25) is 20.4 Å². The van der Waals surface area contributed by atoms with Gasteiger partial charge in [0.1, 0.15) is 17.4 Å². The molecule has 0 aliphatic carbocycles. The highest BCUT2D eigenvalue weighted by atomic mass is 19.1. The number of aromatic nitrogens is 1. The van der Waals surface area contributed by atoms with Crippen molar-refractivity contribution in [1.82, 2.24) is 15.8 Å². The van der Waals surface area contributed by atoms with E-state index in [1.54, 1.807) is 6.07 Å². The largest absolute Gasteiger partial charge is 0.483 e.